The van der Waals surface area contributed by atoms with Crippen LogP contribution in [0, 0.1) is 23.2 Å². The molecule has 4 fully saturated rings. The lowest BCUT2D eigenvalue weighted by Gasteiger charge is -2.55. The molecule has 0 aliphatic heterocycles. The lowest BCUT2D eigenvalue weighted by molar-refractivity contribution is -0.145. The van der Waals surface area contributed by atoms with Crippen LogP contribution in [-0.4, -0.2) is 12.4 Å². The van der Waals surface area contributed by atoms with Crippen molar-refractivity contribution in [3.8, 4) is 16.9 Å². The summed E-state index contributed by atoms with van der Waals surface area (Å²) >= 11 is 0. The minimum Gasteiger partial charge on any atom is -0.486 e. The van der Waals surface area contributed by atoms with Crippen molar-refractivity contribution < 1.29 is 9.53 Å². The molecule has 2 heteroatoms. The molecular formula is C24H26O2. The molecule has 2 aromatic rings. The van der Waals surface area contributed by atoms with Crippen LogP contribution in [0.1, 0.15) is 38.5 Å². The number of carbonyl (C=O) groups excluding carboxylic acids is 1. The van der Waals surface area contributed by atoms with E-state index in [0.717, 1.165) is 42.8 Å². The first kappa shape index (κ1) is 16.1. The molecule has 0 N–H and O–H groups in total. The summed E-state index contributed by atoms with van der Waals surface area (Å²) < 4.78 is 5.90. The topological polar surface area (TPSA) is 26.3 Å². The summed E-state index contributed by atoms with van der Waals surface area (Å²) in [6, 6.07) is 18.4. The van der Waals surface area contributed by atoms with Crippen LogP contribution in [0.25, 0.3) is 11.1 Å². The van der Waals surface area contributed by atoms with Gasteiger partial charge in [-0.05, 0) is 79.5 Å². The number of rotatable bonds is 5. The molecule has 0 amide bonds. The van der Waals surface area contributed by atoms with Crippen molar-refractivity contribution in [1.82, 2.24) is 0 Å². The van der Waals surface area contributed by atoms with Gasteiger partial charge in [0.25, 0.3) is 0 Å². The molecule has 4 bridgehead atoms. The highest BCUT2D eigenvalue weighted by molar-refractivity contribution is 5.86. The molecule has 4 saturated carbocycles. The zero-order valence-corrected chi connectivity index (χ0v) is 15.2. The smallest absolute Gasteiger partial charge is 0.176 e. The van der Waals surface area contributed by atoms with Crippen molar-refractivity contribution in [2.24, 2.45) is 23.2 Å². The van der Waals surface area contributed by atoms with Gasteiger partial charge < -0.3 is 4.74 Å². The maximum atomic E-state index is 13.0. The summed E-state index contributed by atoms with van der Waals surface area (Å²) in [6.45, 7) is 0.233. The zero-order chi connectivity index (χ0) is 17.6. The second-order valence-corrected chi connectivity index (χ2v) is 8.80. The highest BCUT2D eigenvalue weighted by Crippen LogP contribution is 2.60. The van der Waals surface area contributed by atoms with Crippen LogP contribution in [0.2, 0.25) is 0 Å². The Kier molecular flexibility index (Phi) is 3.88. The van der Waals surface area contributed by atoms with E-state index in [1.807, 2.05) is 30.3 Å². The number of benzene rings is 2. The van der Waals surface area contributed by atoms with Crippen LogP contribution in [0.4, 0.5) is 0 Å². The van der Waals surface area contributed by atoms with Crippen LogP contribution in [0.5, 0.6) is 5.75 Å². The summed E-state index contributed by atoms with van der Waals surface area (Å²) in [4.78, 5) is 13.0. The number of carbonyl (C=O) groups is 1. The highest BCUT2D eigenvalue weighted by Gasteiger charge is 2.54. The van der Waals surface area contributed by atoms with Gasteiger partial charge in [0.05, 0.1) is 0 Å². The molecule has 0 heterocycles. The molecule has 4 aliphatic carbocycles. The minimum atomic E-state index is -0.0568. The zero-order valence-electron chi connectivity index (χ0n) is 15.2. The minimum absolute atomic E-state index is 0.0568. The number of hydrogen-bond donors (Lipinski definition) is 0. The maximum absolute atomic E-state index is 13.0. The van der Waals surface area contributed by atoms with Crippen LogP contribution >= 0.6 is 0 Å². The van der Waals surface area contributed by atoms with E-state index in [1.165, 1.54) is 30.4 Å². The Balaban J connectivity index is 1.24. The molecule has 0 saturated heterocycles. The van der Waals surface area contributed by atoms with Gasteiger partial charge in [0, 0.05) is 5.41 Å². The third-order valence-corrected chi connectivity index (χ3v) is 6.96. The van der Waals surface area contributed by atoms with Gasteiger partial charge in [-0.25, -0.2) is 0 Å². The number of ketones is 1. The molecule has 26 heavy (non-hydrogen) atoms. The first-order chi connectivity index (χ1) is 12.7. The third-order valence-electron chi connectivity index (χ3n) is 6.96. The Morgan fingerprint density at radius 2 is 1.35 bits per heavy atom. The lowest BCUT2D eigenvalue weighted by atomic mass is 9.48. The molecule has 2 nitrogen and oxygen atoms in total. The summed E-state index contributed by atoms with van der Waals surface area (Å²) in [5, 5.41) is 0. The Morgan fingerprint density at radius 3 is 1.92 bits per heavy atom. The van der Waals surface area contributed by atoms with Crippen molar-refractivity contribution >= 4 is 5.78 Å². The quantitative estimate of drug-likeness (QED) is 0.713. The largest absolute Gasteiger partial charge is 0.486 e. The van der Waals surface area contributed by atoms with E-state index >= 15 is 0 Å². The molecule has 0 spiro atoms. The Morgan fingerprint density at radius 1 is 0.808 bits per heavy atom. The number of hydrogen-bond acceptors (Lipinski definition) is 2. The predicted octanol–water partition coefficient (Wildman–Crippen LogP) is 5.52. The number of ether oxygens (including phenoxy) is 1. The van der Waals surface area contributed by atoms with Crippen molar-refractivity contribution in [2.45, 2.75) is 38.5 Å². The lowest BCUT2D eigenvalue weighted by Crippen LogP contribution is -2.51. The predicted molar refractivity (Wildman–Crippen MR) is 103 cm³/mol. The van der Waals surface area contributed by atoms with Crippen molar-refractivity contribution in [2.75, 3.05) is 6.61 Å². The summed E-state index contributed by atoms with van der Waals surface area (Å²) in [5.74, 6) is 3.55. The summed E-state index contributed by atoms with van der Waals surface area (Å²) in [5.41, 5.74) is 2.31. The van der Waals surface area contributed by atoms with E-state index in [4.69, 9.17) is 4.74 Å². The van der Waals surface area contributed by atoms with E-state index in [-0.39, 0.29) is 12.0 Å². The van der Waals surface area contributed by atoms with Gasteiger partial charge in [-0.15, -0.1) is 0 Å². The average molecular weight is 346 g/mol. The molecule has 4 aliphatic rings. The molecule has 0 aromatic heterocycles. The van der Waals surface area contributed by atoms with Crippen molar-refractivity contribution in [3.05, 3.63) is 54.6 Å². The second-order valence-electron chi connectivity index (χ2n) is 8.80. The van der Waals surface area contributed by atoms with Crippen LogP contribution in [-0.2, 0) is 4.79 Å². The summed E-state index contributed by atoms with van der Waals surface area (Å²) in [6.07, 6.45) is 7.47. The molecule has 0 radical (unpaired) electrons. The molecule has 2 aromatic carbocycles. The summed E-state index contributed by atoms with van der Waals surface area (Å²) in [7, 11) is 0. The fourth-order valence-electron chi connectivity index (χ4n) is 6.13. The van der Waals surface area contributed by atoms with Gasteiger partial charge in [0.1, 0.15) is 12.4 Å². The van der Waals surface area contributed by atoms with E-state index in [0.29, 0.717) is 5.78 Å². The van der Waals surface area contributed by atoms with Gasteiger partial charge in [0.2, 0.25) is 0 Å². The van der Waals surface area contributed by atoms with E-state index in [1.54, 1.807) is 0 Å². The second kappa shape index (κ2) is 6.26. The van der Waals surface area contributed by atoms with Crippen molar-refractivity contribution in [3.63, 3.8) is 0 Å². The fraction of sp³-hybridized carbons (Fsp3) is 0.458. The number of Topliss-reactive ketones (excluding diaryl/α,β-unsaturated/α-hetero) is 1. The van der Waals surface area contributed by atoms with E-state index < -0.39 is 0 Å². The molecule has 6 rings (SSSR count). The standard InChI is InChI=1S/C24H26O2/c25-23(24-13-17-10-18(14-24)12-19(11-17)15-24)16-26-22-8-6-21(7-9-22)20-4-2-1-3-5-20/h1-9,17-19H,10-16H2. The van der Waals surface area contributed by atoms with Crippen LogP contribution in [0.3, 0.4) is 0 Å². The van der Waals surface area contributed by atoms with Gasteiger partial charge in [-0.1, -0.05) is 42.5 Å². The van der Waals surface area contributed by atoms with Gasteiger partial charge >= 0.3 is 0 Å². The van der Waals surface area contributed by atoms with Crippen molar-refractivity contribution in [1.29, 1.82) is 0 Å². The SMILES string of the molecule is O=C(COc1ccc(-c2ccccc2)cc1)C12CC3CC(CC(C3)C1)C2. The molecular weight excluding hydrogens is 320 g/mol. The van der Waals surface area contributed by atoms with Gasteiger partial charge in [0.15, 0.2) is 5.78 Å². The van der Waals surface area contributed by atoms with Gasteiger partial charge in [-0.2, -0.15) is 0 Å². The van der Waals surface area contributed by atoms with E-state index in [9.17, 15) is 4.79 Å². The fourth-order valence-corrected chi connectivity index (χ4v) is 6.13. The normalized spacial score (nSPS) is 31.8. The van der Waals surface area contributed by atoms with Crippen LogP contribution < -0.4 is 4.74 Å². The average Bonchev–Trinajstić information content (AvgIpc) is 2.66. The molecule has 134 valence electrons. The first-order valence-corrected chi connectivity index (χ1v) is 10.0. The Labute approximate surface area is 155 Å². The maximum Gasteiger partial charge on any atom is 0.176 e. The Bertz CT molecular complexity index is 755. The van der Waals surface area contributed by atoms with Crippen LogP contribution in [0.15, 0.2) is 54.6 Å². The monoisotopic (exact) mass is 346 g/mol. The highest BCUT2D eigenvalue weighted by atomic mass is 16.5. The Hall–Kier alpha value is -2.09. The van der Waals surface area contributed by atoms with E-state index in [2.05, 4.69) is 24.3 Å². The first-order valence-electron chi connectivity index (χ1n) is 10.0. The third kappa shape index (κ3) is 2.86. The molecule has 0 atom stereocenters. The molecule has 0 unspecified atom stereocenters. The van der Waals surface area contributed by atoms with Gasteiger partial charge in [-0.3, -0.25) is 4.79 Å².